The number of rotatable bonds is 0. The Morgan fingerprint density at radius 3 is 0.611 bits per heavy atom. The number of hydrogen-bond donors (Lipinski definition) is 0. The lowest BCUT2D eigenvalue weighted by Gasteiger charge is -2.21. The summed E-state index contributed by atoms with van der Waals surface area (Å²) in [6.07, 6.45) is 0. The molecule has 0 unspecified atom stereocenters. The monoisotopic (exact) mass is 240 g/mol. The molecule has 0 amide bonds. The maximum atomic E-state index is 2.27. The van der Waals surface area contributed by atoms with Crippen LogP contribution in [0.2, 0.25) is 0 Å². The Bertz CT molecular complexity index is 545. The highest BCUT2D eigenvalue weighted by molar-refractivity contribution is 5.97. The van der Waals surface area contributed by atoms with Crippen LogP contribution in [0.4, 0.5) is 0 Å². The quantitative estimate of drug-likeness (QED) is 0.585. The van der Waals surface area contributed by atoms with Crippen molar-refractivity contribution < 1.29 is 0 Å². The molecule has 0 N–H and O–H groups in total. The molecule has 0 heterocycles. The van der Waals surface area contributed by atoms with Crippen LogP contribution in [0.25, 0.3) is 10.8 Å². The summed E-state index contributed by atoms with van der Waals surface area (Å²) in [6, 6.07) is 0. The van der Waals surface area contributed by atoms with E-state index in [2.05, 4.69) is 55.4 Å². The second-order valence-electron chi connectivity index (χ2n) is 5.75. The van der Waals surface area contributed by atoms with Crippen LogP contribution >= 0.6 is 0 Å². The standard InChI is InChI=1S/C18H24/c1-9-10(2)14(6)18-16(8)12(4)11(3)15(7)17(18)13(9)5/h1-8H3. The zero-order chi connectivity index (χ0) is 13.8. The molecule has 0 saturated carbocycles. The van der Waals surface area contributed by atoms with Crippen molar-refractivity contribution in [1.29, 1.82) is 0 Å². The Labute approximate surface area is 111 Å². The first-order chi connectivity index (χ1) is 8.29. The van der Waals surface area contributed by atoms with E-state index in [1.54, 1.807) is 0 Å². The summed E-state index contributed by atoms with van der Waals surface area (Å²) >= 11 is 0. The third-order valence-electron chi connectivity index (χ3n) is 5.12. The number of fused-ring (bicyclic) bond motifs is 1. The first-order valence-electron chi connectivity index (χ1n) is 6.75. The van der Waals surface area contributed by atoms with E-state index in [4.69, 9.17) is 0 Å². The van der Waals surface area contributed by atoms with Gasteiger partial charge in [-0.1, -0.05) is 0 Å². The van der Waals surface area contributed by atoms with Crippen molar-refractivity contribution in [3.63, 3.8) is 0 Å². The summed E-state index contributed by atoms with van der Waals surface area (Å²) in [5, 5.41) is 2.97. The summed E-state index contributed by atoms with van der Waals surface area (Å²) in [7, 11) is 0. The minimum atomic E-state index is 1.45. The van der Waals surface area contributed by atoms with Crippen LogP contribution in [0.15, 0.2) is 0 Å². The molecule has 0 heteroatoms. The lowest BCUT2D eigenvalue weighted by Crippen LogP contribution is -2.01. The van der Waals surface area contributed by atoms with Crippen LogP contribution in [0, 0.1) is 55.4 Å². The van der Waals surface area contributed by atoms with Gasteiger partial charge in [-0.3, -0.25) is 0 Å². The van der Waals surface area contributed by atoms with E-state index in [-0.39, 0.29) is 0 Å². The average Bonchev–Trinajstić information content (AvgIpc) is 2.35. The van der Waals surface area contributed by atoms with Crippen molar-refractivity contribution in [2.75, 3.05) is 0 Å². The van der Waals surface area contributed by atoms with Crippen molar-refractivity contribution in [3.8, 4) is 0 Å². The fraction of sp³-hybridized carbons (Fsp3) is 0.444. The molecule has 0 radical (unpaired) electrons. The third-order valence-corrected chi connectivity index (χ3v) is 5.12. The van der Waals surface area contributed by atoms with Gasteiger partial charge in [0.2, 0.25) is 0 Å². The summed E-state index contributed by atoms with van der Waals surface area (Å²) in [5.74, 6) is 0. The number of benzene rings is 2. The second kappa shape index (κ2) is 4.12. The second-order valence-corrected chi connectivity index (χ2v) is 5.75. The first kappa shape index (κ1) is 13.1. The Hall–Kier alpha value is -1.30. The van der Waals surface area contributed by atoms with Crippen molar-refractivity contribution in [2.45, 2.75) is 55.4 Å². The van der Waals surface area contributed by atoms with E-state index in [9.17, 15) is 0 Å². The molecule has 0 spiro atoms. The zero-order valence-corrected chi connectivity index (χ0v) is 13.0. The van der Waals surface area contributed by atoms with Gasteiger partial charge < -0.3 is 0 Å². The Morgan fingerprint density at radius 1 is 0.278 bits per heavy atom. The van der Waals surface area contributed by atoms with Crippen LogP contribution < -0.4 is 0 Å². The molecule has 0 fully saturated rings. The Balaban J connectivity index is 3.22. The van der Waals surface area contributed by atoms with Crippen molar-refractivity contribution in [3.05, 3.63) is 44.5 Å². The minimum absolute atomic E-state index is 1.45. The molecule has 0 aliphatic rings. The SMILES string of the molecule is Cc1c(C)c(C)c2c(C)c(C)c(C)c(C)c2c1C. The van der Waals surface area contributed by atoms with Gasteiger partial charge in [-0.15, -0.1) is 0 Å². The summed E-state index contributed by atoms with van der Waals surface area (Å²) in [6.45, 7) is 18.1. The Morgan fingerprint density at radius 2 is 0.444 bits per heavy atom. The predicted octanol–water partition coefficient (Wildman–Crippen LogP) is 5.31. The van der Waals surface area contributed by atoms with Gasteiger partial charge in [0, 0.05) is 0 Å². The van der Waals surface area contributed by atoms with Crippen LogP contribution in [-0.2, 0) is 0 Å². The summed E-state index contributed by atoms with van der Waals surface area (Å²) in [4.78, 5) is 0. The highest BCUT2D eigenvalue weighted by Gasteiger charge is 2.16. The van der Waals surface area contributed by atoms with E-state index in [0.29, 0.717) is 0 Å². The predicted molar refractivity (Wildman–Crippen MR) is 81.8 cm³/mol. The Kier molecular flexibility index (Phi) is 3.01. The van der Waals surface area contributed by atoms with Gasteiger partial charge in [-0.05, 0) is 111 Å². The molecule has 0 saturated heterocycles. The van der Waals surface area contributed by atoms with Crippen molar-refractivity contribution in [2.24, 2.45) is 0 Å². The van der Waals surface area contributed by atoms with Crippen molar-refractivity contribution in [1.82, 2.24) is 0 Å². The molecule has 2 rings (SSSR count). The van der Waals surface area contributed by atoms with E-state index in [1.165, 1.54) is 55.3 Å². The average molecular weight is 240 g/mol. The van der Waals surface area contributed by atoms with E-state index < -0.39 is 0 Å². The number of aryl methyl sites for hydroxylation is 4. The van der Waals surface area contributed by atoms with Crippen LogP contribution in [0.1, 0.15) is 44.5 Å². The maximum absolute atomic E-state index is 2.27. The lowest BCUT2D eigenvalue weighted by atomic mass is 9.83. The molecule has 18 heavy (non-hydrogen) atoms. The highest BCUT2D eigenvalue weighted by Crippen LogP contribution is 2.36. The molecule has 96 valence electrons. The van der Waals surface area contributed by atoms with Gasteiger partial charge in [-0.25, -0.2) is 0 Å². The van der Waals surface area contributed by atoms with Gasteiger partial charge in [-0.2, -0.15) is 0 Å². The summed E-state index contributed by atoms with van der Waals surface area (Å²) in [5.41, 5.74) is 11.6. The van der Waals surface area contributed by atoms with E-state index in [1.807, 2.05) is 0 Å². The molecule has 0 bridgehead atoms. The van der Waals surface area contributed by atoms with Crippen LogP contribution in [-0.4, -0.2) is 0 Å². The molecule has 0 aliphatic heterocycles. The highest BCUT2D eigenvalue weighted by atomic mass is 14.2. The van der Waals surface area contributed by atoms with Crippen LogP contribution in [0.3, 0.4) is 0 Å². The normalized spacial score (nSPS) is 11.3. The summed E-state index contributed by atoms with van der Waals surface area (Å²) < 4.78 is 0. The third kappa shape index (κ3) is 1.51. The van der Waals surface area contributed by atoms with Gasteiger partial charge in [0.05, 0.1) is 0 Å². The van der Waals surface area contributed by atoms with Gasteiger partial charge in [0.25, 0.3) is 0 Å². The van der Waals surface area contributed by atoms with Gasteiger partial charge in [0.1, 0.15) is 0 Å². The molecular weight excluding hydrogens is 216 g/mol. The van der Waals surface area contributed by atoms with Crippen molar-refractivity contribution >= 4 is 10.8 Å². The van der Waals surface area contributed by atoms with Gasteiger partial charge in [0.15, 0.2) is 0 Å². The molecule has 0 atom stereocenters. The minimum Gasteiger partial charge on any atom is -0.0444 e. The molecule has 0 aliphatic carbocycles. The molecule has 0 nitrogen and oxygen atoms in total. The number of hydrogen-bond acceptors (Lipinski definition) is 0. The molecule has 2 aromatic carbocycles. The largest absolute Gasteiger partial charge is 0.0444 e. The lowest BCUT2D eigenvalue weighted by molar-refractivity contribution is 1.20. The molecular formula is C18H24. The van der Waals surface area contributed by atoms with E-state index >= 15 is 0 Å². The smallest absolute Gasteiger partial charge is 0.0114 e. The first-order valence-corrected chi connectivity index (χ1v) is 6.75. The fourth-order valence-corrected chi connectivity index (χ4v) is 3.19. The molecule has 2 aromatic rings. The fourth-order valence-electron chi connectivity index (χ4n) is 3.19. The van der Waals surface area contributed by atoms with E-state index in [0.717, 1.165) is 0 Å². The zero-order valence-electron chi connectivity index (χ0n) is 13.0. The van der Waals surface area contributed by atoms with Gasteiger partial charge >= 0.3 is 0 Å². The maximum Gasteiger partial charge on any atom is -0.0114 e. The van der Waals surface area contributed by atoms with Crippen LogP contribution in [0.5, 0.6) is 0 Å². The molecule has 0 aromatic heterocycles. The topological polar surface area (TPSA) is 0 Å².